The number of benzene rings is 1. The zero-order valence-electron chi connectivity index (χ0n) is 12.5. The summed E-state index contributed by atoms with van der Waals surface area (Å²) in [5, 5.41) is 0.502. The number of carbonyl (C=O) groups is 1. The first-order valence-corrected chi connectivity index (χ1v) is 7.72. The van der Waals surface area contributed by atoms with Crippen LogP contribution in [0.5, 0.6) is 0 Å². The SMILES string of the molecule is CC(C)C1CCCN1C(=O)c1ccc(C#CCN)c(Cl)c1. The van der Waals surface area contributed by atoms with Crippen molar-refractivity contribution in [3.8, 4) is 11.8 Å². The summed E-state index contributed by atoms with van der Waals surface area (Å²) in [7, 11) is 0. The first-order valence-electron chi connectivity index (χ1n) is 7.34. The van der Waals surface area contributed by atoms with Crippen LogP contribution in [0.4, 0.5) is 0 Å². The minimum absolute atomic E-state index is 0.0615. The zero-order valence-corrected chi connectivity index (χ0v) is 13.3. The molecule has 2 N–H and O–H groups in total. The zero-order chi connectivity index (χ0) is 15.4. The number of likely N-dealkylation sites (tertiary alicyclic amines) is 1. The Bertz CT molecular complexity index is 586. The Balaban J connectivity index is 2.22. The van der Waals surface area contributed by atoms with Gasteiger partial charge in [-0.15, -0.1) is 0 Å². The number of carbonyl (C=O) groups excluding carboxylic acids is 1. The van der Waals surface area contributed by atoms with Crippen LogP contribution in [0.3, 0.4) is 0 Å². The molecular formula is C17H21ClN2O. The fraction of sp³-hybridized carbons (Fsp3) is 0.471. The van der Waals surface area contributed by atoms with E-state index in [4.69, 9.17) is 17.3 Å². The standard InChI is InChI=1S/C17H21ClN2O/c1-12(2)16-6-4-10-20(16)17(21)14-8-7-13(5-3-9-19)15(18)11-14/h7-8,11-12,16H,4,6,9-10,19H2,1-2H3. The van der Waals surface area contributed by atoms with Gasteiger partial charge in [-0.3, -0.25) is 4.79 Å². The molecule has 1 atom stereocenters. The van der Waals surface area contributed by atoms with Crippen molar-refractivity contribution >= 4 is 17.5 Å². The monoisotopic (exact) mass is 304 g/mol. The van der Waals surface area contributed by atoms with Crippen LogP contribution in [0.15, 0.2) is 18.2 Å². The van der Waals surface area contributed by atoms with E-state index in [1.165, 1.54) is 0 Å². The van der Waals surface area contributed by atoms with Gasteiger partial charge in [0, 0.05) is 23.7 Å². The van der Waals surface area contributed by atoms with E-state index >= 15 is 0 Å². The average Bonchev–Trinajstić information content (AvgIpc) is 2.94. The van der Waals surface area contributed by atoms with Gasteiger partial charge in [0.2, 0.25) is 0 Å². The second-order valence-electron chi connectivity index (χ2n) is 5.65. The van der Waals surface area contributed by atoms with Crippen LogP contribution in [0.1, 0.15) is 42.6 Å². The second kappa shape index (κ2) is 6.98. The highest BCUT2D eigenvalue weighted by atomic mass is 35.5. The third-order valence-electron chi connectivity index (χ3n) is 3.87. The molecular weight excluding hydrogens is 284 g/mol. The molecule has 0 saturated carbocycles. The van der Waals surface area contributed by atoms with E-state index in [9.17, 15) is 4.79 Å². The van der Waals surface area contributed by atoms with Gasteiger partial charge in [0.25, 0.3) is 5.91 Å². The van der Waals surface area contributed by atoms with Crippen molar-refractivity contribution in [2.24, 2.45) is 11.7 Å². The Hall–Kier alpha value is -1.50. The van der Waals surface area contributed by atoms with Gasteiger partial charge in [0.05, 0.1) is 11.6 Å². The number of halogens is 1. The number of rotatable bonds is 2. The summed E-state index contributed by atoms with van der Waals surface area (Å²) in [5.41, 5.74) is 6.69. The maximum Gasteiger partial charge on any atom is 0.254 e. The Morgan fingerprint density at radius 3 is 2.90 bits per heavy atom. The van der Waals surface area contributed by atoms with E-state index in [1.807, 2.05) is 4.90 Å². The molecule has 1 heterocycles. The third kappa shape index (κ3) is 3.58. The van der Waals surface area contributed by atoms with E-state index in [-0.39, 0.29) is 5.91 Å². The summed E-state index contributed by atoms with van der Waals surface area (Å²) in [6, 6.07) is 5.62. The number of nitrogens with two attached hydrogens (primary N) is 1. The normalized spacial score (nSPS) is 17.8. The lowest BCUT2D eigenvalue weighted by Crippen LogP contribution is -2.38. The molecule has 1 aromatic carbocycles. The number of hydrogen-bond acceptors (Lipinski definition) is 2. The molecule has 2 rings (SSSR count). The van der Waals surface area contributed by atoms with Crippen molar-refractivity contribution in [3.05, 3.63) is 34.3 Å². The maximum atomic E-state index is 12.7. The first-order chi connectivity index (χ1) is 10.0. The van der Waals surface area contributed by atoms with Gasteiger partial charge in [-0.2, -0.15) is 0 Å². The molecule has 1 saturated heterocycles. The molecule has 3 nitrogen and oxygen atoms in total. The fourth-order valence-corrected chi connectivity index (χ4v) is 3.03. The third-order valence-corrected chi connectivity index (χ3v) is 4.18. The average molecular weight is 305 g/mol. The van der Waals surface area contributed by atoms with Crippen LogP contribution in [0.25, 0.3) is 0 Å². The van der Waals surface area contributed by atoms with Crippen LogP contribution in [-0.2, 0) is 0 Å². The molecule has 0 aromatic heterocycles. The van der Waals surface area contributed by atoms with Crippen molar-refractivity contribution in [2.75, 3.05) is 13.1 Å². The first kappa shape index (κ1) is 15.9. The van der Waals surface area contributed by atoms with Crippen LogP contribution in [0, 0.1) is 17.8 Å². The lowest BCUT2D eigenvalue weighted by Gasteiger charge is -2.27. The molecule has 112 valence electrons. The lowest BCUT2D eigenvalue weighted by atomic mass is 10.0. The van der Waals surface area contributed by atoms with Crippen LogP contribution < -0.4 is 5.73 Å². The van der Waals surface area contributed by atoms with Crippen molar-refractivity contribution in [2.45, 2.75) is 32.7 Å². The second-order valence-corrected chi connectivity index (χ2v) is 6.06. The van der Waals surface area contributed by atoms with Crippen molar-refractivity contribution in [1.29, 1.82) is 0 Å². The van der Waals surface area contributed by atoms with Crippen LogP contribution >= 0.6 is 11.6 Å². The lowest BCUT2D eigenvalue weighted by molar-refractivity contribution is 0.0701. The summed E-state index contributed by atoms with van der Waals surface area (Å²) >= 11 is 6.20. The van der Waals surface area contributed by atoms with Gasteiger partial charge in [0.15, 0.2) is 0 Å². The highest BCUT2D eigenvalue weighted by Crippen LogP contribution is 2.26. The van der Waals surface area contributed by atoms with E-state index in [0.29, 0.717) is 34.7 Å². The summed E-state index contributed by atoms with van der Waals surface area (Å²) in [4.78, 5) is 14.6. The molecule has 0 spiro atoms. The largest absolute Gasteiger partial charge is 0.335 e. The summed E-state index contributed by atoms with van der Waals surface area (Å²) in [6.07, 6.45) is 2.15. The molecule has 1 aromatic rings. The molecule has 1 amide bonds. The molecule has 1 fully saturated rings. The number of nitrogens with zero attached hydrogens (tertiary/aromatic N) is 1. The van der Waals surface area contributed by atoms with E-state index in [2.05, 4.69) is 25.7 Å². The molecule has 0 aliphatic carbocycles. The van der Waals surface area contributed by atoms with E-state index in [0.717, 1.165) is 19.4 Å². The van der Waals surface area contributed by atoms with Gasteiger partial charge in [0.1, 0.15) is 0 Å². The molecule has 1 aliphatic heterocycles. The molecule has 21 heavy (non-hydrogen) atoms. The van der Waals surface area contributed by atoms with Crippen molar-refractivity contribution in [3.63, 3.8) is 0 Å². The predicted octanol–water partition coefficient (Wildman–Crippen LogP) is 2.91. The Morgan fingerprint density at radius 2 is 2.29 bits per heavy atom. The number of hydrogen-bond donors (Lipinski definition) is 1. The Morgan fingerprint density at radius 1 is 1.52 bits per heavy atom. The van der Waals surface area contributed by atoms with Gasteiger partial charge >= 0.3 is 0 Å². The minimum Gasteiger partial charge on any atom is -0.335 e. The minimum atomic E-state index is 0.0615. The molecule has 0 bridgehead atoms. The van der Waals surface area contributed by atoms with E-state index in [1.54, 1.807) is 18.2 Å². The summed E-state index contributed by atoms with van der Waals surface area (Å²) < 4.78 is 0. The topological polar surface area (TPSA) is 46.3 Å². The Kier molecular flexibility index (Phi) is 5.27. The number of amides is 1. The van der Waals surface area contributed by atoms with Crippen molar-refractivity contribution in [1.82, 2.24) is 4.90 Å². The highest BCUT2D eigenvalue weighted by molar-refractivity contribution is 6.32. The Labute approximate surface area is 131 Å². The quantitative estimate of drug-likeness (QED) is 0.854. The molecule has 4 heteroatoms. The summed E-state index contributed by atoms with van der Waals surface area (Å²) in [5.74, 6) is 6.21. The van der Waals surface area contributed by atoms with Gasteiger partial charge in [-0.1, -0.05) is 37.3 Å². The predicted molar refractivity (Wildman–Crippen MR) is 86.3 cm³/mol. The fourth-order valence-electron chi connectivity index (χ4n) is 2.80. The van der Waals surface area contributed by atoms with Crippen LogP contribution in [0.2, 0.25) is 5.02 Å². The van der Waals surface area contributed by atoms with Crippen LogP contribution in [-0.4, -0.2) is 29.9 Å². The van der Waals surface area contributed by atoms with E-state index < -0.39 is 0 Å². The maximum absolute atomic E-state index is 12.7. The molecule has 0 radical (unpaired) electrons. The molecule has 1 unspecified atom stereocenters. The van der Waals surface area contributed by atoms with Gasteiger partial charge in [-0.05, 0) is 37.0 Å². The smallest absolute Gasteiger partial charge is 0.254 e. The van der Waals surface area contributed by atoms with Gasteiger partial charge < -0.3 is 10.6 Å². The highest BCUT2D eigenvalue weighted by Gasteiger charge is 2.31. The van der Waals surface area contributed by atoms with Crippen molar-refractivity contribution < 1.29 is 4.79 Å². The molecule has 1 aliphatic rings. The van der Waals surface area contributed by atoms with Gasteiger partial charge in [-0.25, -0.2) is 0 Å². The summed E-state index contributed by atoms with van der Waals surface area (Å²) in [6.45, 7) is 5.44.